The van der Waals surface area contributed by atoms with Gasteiger partial charge in [-0.15, -0.1) is 0 Å². The van der Waals surface area contributed by atoms with Crippen LogP contribution in [0.5, 0.6) is 0 Å². The molecule has 178 valence electrons. The van der Waals surface area contributed by atoms with Crippen LogP contribution in [0.1, 0.15) is 34.8 Å². The summed E-state index contributed by atoms with van der Waals surface area (Å²) in [7, 11) is -3.55. The number of hydrogen-bond acceptors (Lipinski definition) is 7. The third kappa shape index (κ3) is 4.99. The Morgan fingerprint density at radius 2 is 1.94 bits per heavy atom. The fourth-order valence-electron chi connectivity index (χ4n) is 4.24. The normalized spacial score (nSPS) is 21.2. The molecular formula is C22H26Cl2N4O4S. The van der Waals surface area contributed by atoms with Gasteiger partial charge in [0.15, 0.2) is 9.84 Å². The average Bonchev–Trinajstić information content (AvgIpc) is 3.17. The van der Waals surface area contributed by atoms with Crippen LogP contribution in [0.25, 0.3) is 0 Å². The number of anilines is 1. The molecule has 8 nitrogen and oxygen atoms in total. The van der Waals surface area contributed by atoms with Gasteiger partial charge in [-0.25, -0.2) is 8.42 Å². The molecule has 2 atom stereocenters. The summed E-state index contributed by atoms with van der Waals surface area (Å²) in [6.07, 6.45) is -0.429. The van der Waals surface area contributed by atoms with Crippen LogP contribution >= 0.6 is 23.2 Å². The summed E-state index contributed by atoms with van der Waals surface area (Å²) in [6.45, 7) is 3.64. The van der Waals surface area contributed by atoms with Gasteiger partial charge in [0.1, 0.15) is 0 Å². The van der Waals surface area contributed by atoms with E-state index < -0.39 is 22.1 Å². The molecule has 2 aliphatic heterocycles. The van der Waals surface area contributed by atoms with Crippen LogP contribution in [0.4, 0.5) is 5.69 Å². The number of aliphatic hydroxyl groups is 1. The Balaban J connectivity index is 1.62. The number of carbonyl (C=O) groups excluding carboxylic acids is 1. The topological polar surface area (TPSA) is 116 Å². The highest BCUT2D eigenvalue weighted by Crippen LogP contribution is 2.33. The van der Waals surface area contributed by atoms with E-state index in [9.17, 15) is 18.3 Å². The molecule has 0 aromatic heterocycles. The number of fused-ring (bicyclic) bond motifs is 1. The van der Waals surface area contributed by atoms with Crippen molar-refractivity contribution in [2.45, 2.75) is 43.7 Å². The lowest BCUT2D eigenvalue weighted by molar-refractivity contribution is 0.0146. The molecular weight excluding hydrogens is 487 g/mol. The van der Waals surface area contributed by atoms with E-state index in [-0.39, 0.29) is 23.2 Å². The number of nitrogens with zero attached hydrogens (tertiary/aromatic N) is 2. The summed E-state index contributed by atoms with van der Waals surface area (Å²) in [6, 6.07) is 7.90. The van der Waals surface area contributed by atoms with Crippen molar-refractivity contribution in [3.05, 3.63) is 57.1 Å². The Bertz CT molecular complexity index is 1190. The fraction of sp³-hybridized carbons (Fsp3) is 0.409. The molecule has 0 spiro atoms. The molecule has 33 heavy (non-hydrogen) atoms. The first-order chi connectivity index (χ1) is 15.6. The zero-order valence-electron chi connectivity index (χ0n) is 18.1. The minimum absolute atomic E-state index is 0.0809. The van der Waals surface area contributed by atoms with Crippen LogP contribution in [-0.2, 0) is 22.9 Å². The maximum absolute atomic E-state index is 13.3. The van der Waals surface area contributed by atoms with Crippen LogP contribution in [0.15, 0.2) is 35.2 Å². The summed E-state index contributed by atoms with van der Waals surface area (Å²) in [5.41, 5.74) is 7.91. The van der Waals surface area contributed by atoms with Crippen LogP contribution < -0.4 is 11.1 Å². The number of nitrogens with one attached hydrogen (secondary N) is 1. The Hall–Kier alpha value is -1.88. The number of sulfone groups is 1. The van der Waals surface area contributed by atoms with Crippen molar-refractivity contribution < 1.29 is 18.3 Å². The van der Waals surface area contributed by atoms with Gasteiger partial charge in [-0.05, 0) is 47.9 Å². The van der Waals surface area contributed by atoms with E-state index in [0.29, 0.717) is 33.4 Å². The monoisotopic (exact) mass is 512 g/mol. The summed E-state index contributed by atoms with van der Waals surface area (Å²) < 4.78 is 25.1. The molecule has 0 saturated carbocycles. The van der Waals surface area contributed by atoms with Gasteiger partial charge < -0.3 is 16.2 Å². The SMILES string of the molecule is CCS(=O)(=O)c1ccc(Cl)cc1CN1C(=O)c2cc(Cl)c(CN3CC[C@H](N)C3)cc2NC1O. The lowest BCUT2D eigenvalue weighted by Crippen LogP contribution is -2.48. The molecule has 2 heterocycles. The Morgan fingerprint density at radius 1 is 1.18 bits per heavy atom. The van der Waals surface area contributed by atoms with Crippen molar-refractivity contribution in [2.24, 2.45) is 5.73 Å². The second-order valence-electron chi connectivity index (χ2n) is 8.38. The van der Waals surface area contributed by atoms with E-state index in [1.54, 1.807) is 19.1 Å². The van der Waals surface area contributed by atoms with Gasteiger partial charge in [0.2, 0.25) is 6.35 Å². The standard InChI is InChI=1S/C22H26Cl2N4O4S/c1-2-33(31,32)20-4-3-15(23)7-14(20)11-28-21(29)17-9-18(24)13(8-19(17)26-22(28)30)10-27-6-5-16(25)12-27/h3-4,7-9,16,22,26,30H,2,5-6,10-12,25H2,1H3/t16-,22?/m0/s1. The maximum atomic E-state index is 13.3. The van der Waals surface area contributed by atoms with Crippen molar-refractivity contribution in [1.82, 2.24) is 9.80 Å². The number of hydrogen-bond donors (Lipinski definition) is 3. The van der Waals surface area contributed by atoms with Crippen molar-refractivity contribution in [3.63, 3.8) is 0 Å². The summed E-state index contributed by atoms with van der Waals surface area (Å²) in [5, 5.41) is 14.4. The molecule has 2 aromatic carbocycles. The number of likely N-dealkylation sites (tertiary alicyclic amines) is 1. The highest BCUT2D eigenvalue weighted by molar-refractivity contribution is 7.91. The van der Waals surface area contributed by atoms with Crippen molar-refractivity contribution >= 4 is 44.6 Å². The minimum Gasteiger partial charge on any atom is -0.356 e. The molecule has 1 saturated heterocycles. The molecule has 1 fully saturated rings. The molecule has 0 aliphatic carbocycles. The maximum Gasteiger partial charge on any atom is 0.259 e. The van der Waals surface area contributed by atoms with Gasteiger partial charge in [0, 0.05) is 35.7 Å². The van der Waals surface area contributed by atoms with Crippen LogP contribution in [0.2, 0.25) is 10.0 Å². The highest BCUT2D eigenvalue weighted by atomic mass is 35.5. The summed E-state index contributed by atoms with van der Waals surface area (Å²) >= 11 is 12.6. The summed E-state index contributed by atoms with van der Waals surface area (Å²) in [4.78, 5) is 16.7. The van der Waals surface area contributed by atoms with Crippen molar-refractivity contribution in [2.75, 3.05) is 24.2 Å². The predicted octanol–water partition coefficient (Wildman–Crippen LogP) is 2.66. The van der Waals surface area contributed by atoms with E-state index in [4.69, 9.17) is 28.9 Å². The second-order valence-corrected chi connectivity index (χ2v) is 11.5. The highest BCUT2D eigenvalue weighted by Gasteiger charge is 2.33. The quantitative estimate of drug-likeness (QED) is 0.544. The summed E-state index contributed by atoms with van der Waals surface area (Å²) in [5.74, 6) is -0.563. The molecule has 4 rings (SSSR count). The van der Waals surface area contributed by atoms with E-state index in [0.717, 1.165) is 30.0 Å². The number of nitrogens with two attached hydrogens (primary N) is 1. The molecule has 2 aromatic rings. The van der Waals surface area contributed by atoms with E-state index in [2.05, 4.69) is 10.2 Å². The lowest BCUT2D eigenvalue weighted by Gasteiger charge is -2.35. The fourth-order valence-corrected chi connectivity index (χ4v) is 5.77. The van der Waals surface area contributed by atoms with Crippen LogP contribution in [0, 0.1) is 0 Å². The van der Waals surface area contributed by atoms with Gasteiger partial charge in [0.25, 0.3) is 5.91 Å². The number of halogens is 2. The number of benzene rings is 2. The smallest absolute Gasteiger partial charge is 0.259 e. The first kappa shape index (κ1) is 24.3. The van der Waals surface area contributed by atoms with Crippen LogP contribution in [0.3, 0.4) is 0 Å². The Labute approximate surface area is 203 Å². The zero-order chi connectivity index (χ0) is 23.9. The minimum atomic E-state index is -3.55. The second kappa shape index (κ2) is 9.40. The first-order valence-corrected chi connectivity index (χ1v) is 13.1. The van der Waals surface area contributed by atoms with Gasteiger partial charge in [-0.1, -0.05) is 30.1 Å². The lowest BCUT2D eigenvalue weighted by atomic mass is 10.0. The third-order valence-corrected chi connectivity index (χ3v) is 8.45. The molecule has 11 heteroatoms. The van der Waals surface area contributed by atoms with Crippen LogP contribution in [-0.4, -0.2) is 60.5 Å². The average molecular weight is 513 g/mol. The van der Waals surface area contributed by atoms with E-state index in [1.165, 1.54) is 18.2 Å². The predicted molar refractivity (Wildman–Crippen MR) is 128 cm³/mol. The van der Waals surface area contributed by atoms with Crippen molar-refractivity contribution in [1.29, 1.82) is 0 Å². The number of carbonyl (C=O) groups is 1. The molecule has 1 unspecified atom stereocenters. The van der Waals surface area contributed by atoms with Gasteiger partial charge in [-0.3, -0.25) is 14.6 Å². The molecule has 0 radical (unpaired) electrons. The van der Waals surface area contributed by atoms with E-state index >= 15 is 0 Å². The molecule has 4 N–H and O–H groups in total. The van der Waals surface area contributed by atoms with Gasteiger partial charge in [-0.2, -0.15) is 0 Å². The van der Waals surface area contributed by atoms with Gasteiger partial charge in [0.05, 0.1) is 28.4 Å². The Morgan fingerprint density at radius 3 is 2.61 bits per heavy atom. The first-order valence-electron chi connectivity index (χ1n) is 10.7. The third-order valence-electron chi connectivity index (χ3n) is 6.04. The van der Waals surface area contributed by atoms with Crippen molar-refractivity contribution in [3.8, 4) is 0 Å². The molecule has 0 bridgehead atoms. The zero-order valence-corrected chi connectivity index (χ0v) is 20.4. The number of aliphatic hydroxyl groups excluding tert-OH is 1. The Kier molecular flexibility index (Phi) is 6.91. The van der Waals surface area contributed by atoms with Gasteiger partial charge >= 0.3 is 0 Å². The number of amides is 1. The molecule has 1 amide bonds. The molecule has 2 aliphatic rings. The van der Waals surface area contributed by atoms with E-state index in [1.807, 2.05) is 0 Å². The largest absolute Gasteiger partial charge is 0.356 e. The number of rotatable bonds is 6.